The number of likely N-dealkylation sites (tertiary alicyclic amines) is 1. The van der Waals surface area contributed by atoms with Gasteiger partial charge in [0.2, 0.25) is 0 Å². The number of hydrogen-bond acceptors (Lipinski definition) is 4. The van der Waals surface area contributed by atoms with E-state index in [4.69, 9.17) is 5.73 Å². The number of thiophene rings is 1. The Morgan fingerprint density at radius 3 is 2.39 bits per heavy atom. The SMILES string of the molecule is Cc1nc2sc(C(=O)N3[C@H](C)CCC[C@@H]3C)c(N)c2c(C)c1C. The third kappa shape index (κ3) is 2.51. The summed E-state index contributed by atoms with van der Waals surface area (Å²) in [5, 5.41) is 0.957. The van der Waals surface area contributed by atoms with Gasteiger partial charge in [-0.05, 0) is 65.0 Å². The maximum atomic E-state index is 13.1. The molecule has 1 aliphatic heterocycles. The van der Waals surface area contributed by atoms with Gasteiger partial charge in [0, 0.05) is 23.2 Å². The molecule has 1 fully saturated rings. The highest BCUT2D eigenvalue weighted by molar-refractivity contribution is 7.21. The molecule has 2 atom stereocenters. The molecule has 0 radical (unpaired) electrons. The fourth-order valence-electron chi connectivity index (χ4n) is 3.67. The van der Waals surface area contributed by atoms with Crippen molar-refractivity contribution in [1.29, 1.82) is 0 Å². The lowest BCUT2D eigenvalue weighted by atomic mass is 9.97. The number of nitrogens with two attached hydrogens (primary N) is 1. The van der Waals surface area contributed by atoms with Gasteiger partial charge in [0.05, 0.1) is 5.69 Å². The highest BCUT2D eigenvalue weighted by Gasteiger charge is 2.32. The van der Waals surface area contributed by atoms with Crippen LogP contribution in [0.5, 0.6) is 0 Å². The molecule has 0 spiro atoms. The van der Waals surface area contributed by atoms with E-state index in [2.05, 4.69) is 32.7 Å². The van der Waals surface area contributed by atoms with Crippen LogP contribution in [0.3, 0.4) is 0 Å². The zero-order valence-electron chi connectivity index (χ0n) is 14.6. The number of piperidine rings is 1. The summed E-state index contributed by atoms with van der Waals surface area (Å²) in [5.41, 5.74) is 10.3. The fourth-order valence-corrected chi connectivity index (χ4v) is 4.81. The number of pyridine rings is 1. The van der Waals surface area contributed by atoms with E-state index in [1.165, 1.54) is 17.8 Å². The summed E-state index contributed by atoms with van der Waals surface area (Å²) in [5.74, 6) is 0.0694. The lowest BCUT2D eigenvalue weighted by Gasteiger charge is -2.38. The number of nitrogens with zero attached hydrogens (tertiary/aromatic N) is 2. The molecule has 3 rings (SSSR count). The van der Waals surface area contributed by atoms with Gasteiger partial charge in [-0.3, -0.25) is 4.79 Å². The van der Waals surface area contributed by atoms with Crippen molar-refractivity contribution in [3.63, 3.8) is 0 Å². The number of anilines is 1. The molecule has 3 heterocycles. The lowest BCUT2D eigenvalue weighted by Crippen LogP contribution is -2.47. The van der Waals surface area contributed by atoms with Gasteiger partial charge in [0.1, 0.15) is 9.71 Å². The molecular formula is C18H25N3OS. The summed E-state index contributed by atoms with van der Waals surface area (Å²) in [6.07, 6.45) is 3.32. The van der Waals surface area contributed by atoms with Gasteiger partial charge < -0.3 is 10.6 Å². The number of carbonyl (C=O) groups excluding carboxylic acids is 1. The fraction of sp³-hybridized carbons (Fsp3) is 0.556. The van der Waals surface area contributed by atoms with Gasteiger partial charge in [-0.25, -0.2) is 4.98 Å². The Morgan fingerprint density at radius 1 is 1.17 bits per heavy atom. The van der Waals surface area contributed by atoms with Crippen LogP contribution in [0.1, 0.15) is 59.6 Å². The van der Waals surface area contributed by atoms with E-state index in [-0.39, 0.29) is 18.0 Å². The van der Waals surface area contributed by atoms with Crippen molar-refractivity contribution in [1.82, 2.24) is 9.88 Å². The van der Waals surface area contributed by atoms with Gasteiger partial charge in [-0.2, -0.15) is 0 Å². The van der Waals surface area contributed by atoms with Crippen LogP contribution in [-0.2, 0) is 0 Å². The predicted octanol–water partition coefficient (Wildman–Crippen LogP) is 4.21. The van der Waals surface area contributed by atoms with Crippen molar-refractivity contribution in [2.75, 3.05) is 5.73 Å². The van der Waals surface area contributed by atoms with Crippen LogP contribution in [0.4, 0.5) is 5.69 Å². The van der Waals surface area contributed by atoms with Gasteiger partial charge in [0.15, 0.2) is 0 Å². The molecule has 0 bridgehead atoms. The van der Waals surface area contributed by atoms with Crippen LogP contribution in [0, 0.1) is 20.8 Å². The Bertz CT molecular complexity index is 770. The van der Waals surface area contributed by atoms with Crippen LogP contribution in [0.15, 0.2) is 0 Å². The molecule has 0 aromatic carbocycles. The summed E-state index contributed by atoms with van der Waals surface area (Å²) in [6, 6.07) is 0.543. The molecule has 4 nitrogen and oxygen atoms in total. The van der Waals surface area contributed by atoms with Crippen molar-refractivity contribution in [3.8, 4) is 0 Å². The number of amides is 1. The van der Waals surface area contributed by atoms with Gasteiger partial charge in [-0.15, -0.1) is 11.3 Å². The van der Waals surface area contributed by atoms with E-state index in [1.54, 1.807) is 0 Å². The predicted molar refractivity (Wildman–Crippen MR) is 97.2 cm³/mol. The van der Waals surface area contributed by atoms with E-state index in [0.29, 0.717) is 10.6 Å². The first-order valence-corrected chi connectivity index (χ1v) is 9.13. The standard InChI is InChI=1S/C18H25N3OS/c1-9-7-6-8-10(2)21(9)18(22)16-15(19)14-12(4)11(3)13(5)20-17(14)23-16/h9-10H,6-8,19H2,1-5H3/t9-,10+. The minimum Gasteiger partial charge on any atom is -0.397 e. The Morgan fingerprint density at radius 2 is 1.78 bits per heavy atom. The molecule has 124 valence electrons. The van der Waals surface area contributed by atoms with E-state index in [9.17, 15) is 4.79 Å². The normalized spacial score (nSPS) is 21.9. The Balaban J connectivity index is 2.11. The number of fused-ring (bicyclic) bond motifs is 1. The summed E-state index contributed by atoms with van der Waals surface area (Å²) in [7, 11) is 0. The van der Waals surface area contributed by atoms with E-state index in [1.807, 2.05) is 11.8 Å². The summed E-state index contributed by atoms with van der Waals surface area (Å²) in [6.45, 7) is 10.4. The highest BCUT2D eigenvalue weighted by atomic mass is 32.1. The van der Waals surface area contributed by atoms with Crippen LogP contribution >= 0.6 is 11.3 Å². The molecule has 2 N–H and O–H groups in total. The number of carbonyl (C=O) groups is 1. The van der Waals surface area contributed by atoms with Gasteiger partial charge in [-0.1, -0.05) is 0 Å². The number of nitrogen functional groups attached to an aromatic ring is 1. The maximum absolute atomic E-state index is 13.1. The van der Waals surface area contributed by atoms with Crippen LogP contribution in [0.2, 0.25) is 0 Å². The Labute approximate surface area is 141 Å². The first kappa shape index (κ1) is 16.2. The quantitative estimate of drug-likeness (QED) is 0.851. The van der Waals surface area contributed by atoms with Crippen LogP contribution in [0.25, 0.3) is 10.2 Å². The molecule has 0 saturated carbocycles. The molecule has 0 aliphatic carbocycles. The van der Waals surface area contributed by atoms with Crippen molar-refractivity contribution < 1.29 is 4.79 Å². The van der Waals surface area contributed by atoms with Crippen LogP contribution < -0.4 is 5.73 Å². The molecule has 23 heavy (non-hydrogen) atoms. The molecule has 1 amide bonds. The average molecular weight is 331 g/mol. The minimum atomic E-state index is 0.0694. The smallest absolute Gasteiger partial charge is 0.266 e. The van der Waals surface area contributed by atoms with Crippen molar-refractivity contribution in [3.05, 3.63) is 21.7 Å². The second-order valence-corrected chi connectivity index (χ2v) is 7.81. The van der Waals surface area contributed by atoms with E-state index >= 15 is 0 Å². The van der Waals surface area contributed by atoms with Crippen molar-refractivity contribution in [2.24, 2.45) is 0 Å². The molecule has 2 aromatic rings. The highest BCUT2D eigenvalue weighted by Crippen LogP contribution is 2.38. The topological polar surface area (TPSA) is 59.2 Å². The molecule has 1 saturated heterocycles. The summed E-state index contributed by atoms with van der Waals surface area (Å²) < 4.78 is 0. The second-order valence-electron chi connectivity index (χ2n) is 6.81. The number of hydrogen-bond donors (Lipinski definition) is 1. The number of aromatic nitrogens is 1. The van der Waals surface area contributed by atoms with E-state index < -0.39 is 0 Å². The number of rotatable bonds is 1. The molecule has 5 heteroatoms. The van der Waals surface area contributed by atoms with Crippen LogP contribution in [-0.4, -0.2) is 27.9 Å². The Hall–Kier alpha value is -1.62. The molecule has 0 unspecified atom stereocenters. The second kappa shape index (κ2) is 5.78. The van der Waals surface area contributed by atoms with Gasteiger partial charge >= 0.3 is 0 Å². The summed E-state index contributed by atoms with van der Waals surface area (Å²) >= 11 is 1.44. The molecular weight excluding hydrogens is 306 g/mol. The summed E-state index contributed by atoms with van der Waals surface area (Å²) in [4.78, 5) is 21.3. The van der Waals surface area contributed by atoms with Gasteiger partial charge in [0.25, 0.3) is 5.91 Å². The first-order chi connectivity index (χ1) is 10.8. The van der Waals surface area contributed by atoms with E-state index in [0.717, 1.165) is 39.9 Å². The van der Waals surface area contributed by atoms with Crippen molar-refractivity contribution in [2.45, 2.75) is 66.0 Å². The molecule has 1 aliphatic rings. The first-order valence-electron chi connectivity index (χ1n) is 8.31. The lowest BCUT2D eigenvalue weighted by molar-refractivity contribution is 0.0517. The maximum Gasteiger partial charge on any atom is 0.266 e. The third-order valence-electron chi connectivity index (χ3n) is 5.30. The molecule has 2 aromatic heterocycles. The zero-order chi connectivity index (χ0) is 16.9. The monoisotopic (exact) mass is 331 g/mol. The zero-order valence-corrected chi connectivity index (χ0v) is 15.4. The largest absolute Gasteiger partial charge is 0.397 e. The van der Waals surface area contributed by atoms with Crippen molar-refractivity contribution >= 4 is 33.1 Å². The third-order valence-corrected chi connectivity index (χ3v) is 6.39. The number of aryl methyl sites for hydroxylation is 2. The average Bonchev–Trinajstić information content (AvgIpc) is 2.81. The minimum absolute atomic E-state index is 0.0694. The Kier molecular flexibility index (Phi) is 4.08.